The smallest absolute Gasteiger partial charge is 0.0482 e. The molecule has 2 aromatic rings. The lowest BCUT2D eigenvalue weighted by atomic mass is 10.2. The topological polar surface area (TPSA) is 17.0 Å². The Labute approximate surface area is 96.3 Å². The van der Waals surface area contributed by atoms with Crippen LogP contribution in [0, 0.1) is 6.92 Å². The molecule has 1 heterocycles. The molecule has 1 aromatic heterocycles. The van der Waals surface area contributed by atoms with E-state index in [0.717, 1.165) is 12.6 Å². The van der Waals surface area contributed by atoms with Crippen LogP contribution in [0.5, 0.6) is 0 Å². The zero-order valence-corrected chi connectivity index (χ0v) is 9.96. The summed E-state index contributed by atoms with van der Waals surface area (Å²) in [5.41, 5.74) is 4.05. The summed E-state index contributed by atoms with van der Waals surface area (Å²) in [6, 6.07) is 9.73. The van der Waals surface area contributed by atoms with Gasteiger partial charge < -0.3 is 9.88 Å². The predicted molar refractivity (Wildman–Crippen MR) is 67.5 cm³/mol. The number of hydrogen-bond donors (Lipinski definition) is 1. The van der Waals surface area contributed by atoms with Crippen molar-refractivity contribution in [2.45, 2.75) is 32.4 Å². The number of nitrogens with zero attached hydrogens (tertiary/aromatic N) is 1. The van der Waals surface area contributed by atoms with Crippen molar-refractivity contribution >= 4 is 10.9 Å². The summed E-state index contributed by atoms with van der Waals surface area (Å²) < 4.78 is 2.30. The van der Waals surface area contributed by atoms with Crippen LogP contribution >= 0.6 is 0 Å². The van der Waals surface area contributed by atoms with E-state index in [9.17, 15) is 0 Å². The molecule has 84 valence electrons. The highest BCUT2D eigenvalue weighted by Crippen LogP contribution is 2.22. The quantitative estimate of drug-likeness (QED) is 0.831. The van der Waals surface area contributed by atoms with Gasteiger partial charge in [-0.15, -0.1) is 0 Å². The van der Waals surface area contributed by atoms with E-state index < -0.39 is 0 Å². The summed E-state index contributed by atoms with van der Waals surface area (Å²) in [5.74, 6) is 0. The number of fused-ring (bicyclic) bond motifs is 1. The Hall–Kier alpha value is -1.28. The molecule has 1 aliphatic carbocycles. The van der Waals surface area contributed by atoms with E-state index in [2.05, 4.69) is 48.1 Å². The summed E-state index contributed by atoms with van der Waals surface area (Å²) in [7, 11) is 2.16. The third kappa shape index (κ3) is 1.74. The molecule has 3 rings (SSSR count). The molecule has 16 heavy (non-hydrogen) atoms. The Balaban J connectivity index is 1.94. The molecule has 0 bridgehead atoms. The Morgan fingerprint density at radius 3 is 2.88 bits per heavy atom. The second-order valence-electron chi connectivity index (χ2n) is 4.91. The molecule has 2 heteroatoms. The Kier molecular flexibility index (Phi) is 2.25. The maximum atomic E-state index is 3.57. The van der Waals surface area contributed by atoms with Crippen LogP contribution < -0.4 is 5.32 Å². The third-order valence-corrected chi connectivity index (χ3v) is 3.45. The van der Waals surface area contributed by atoms with Crippen molar-refractivity contribution in [1.82, 2.24) is 9.88 Å². The van der Waals surface area contributed by atoms with Crippen LogP contribution in [0.25, 0.3) is 10.9 Å². The monoisotopic (exact) mass is 214 g/mol. The first kappa shape index (κ1) is 9.91. The van der Waals surface area contributed by atoms with Crippen molar-refractivity contribution in [3.63, 3.8) is 0 Å². The fraction of sp³-hybridized carbons (Fsp3) is 0.429. The molecule has 1 N–H and O–H groups in total. The van der Waals surface area contributed by atoms with Gasteiger partial charge in [-0.25, -0.2) is 0 Å². The van der Waals surface area contributed by atoms with Gasteiger partial charge in [0.25, 0.3) is 0 Å². The average molecular weight is 214 g/mol. The van der Waals surface area contributed by atoms with E-state index >= 15 is 0 Å². The molecule has 0 atom stereocenters. The molecule has 0 amide bonds. The van der Waals surface area contributed by atoms with Crippen LogP contribution in [0.15, 0.2) is 24.3 Å². The molecule has 0 aliphatic heterocycles. The molecule has 0 spiro atoms. The molecule has 1 aliphatic rings. The van der Waals surface area contributed by atoms with Crippen LogP contribution in [0.2, 0.25) is 0 Å². The zero-order chi connectivity index (χ0) is 11.1. The van der Waals surface area contributed by atoms with Crippen molar-refractivity contribution in [3.05, 3.63) is 35.5 Å². The normalized spacial score (nSPS) is 15.9. The van der Waals surface area contributed by atoms with Crippen molar-refractivity contribution in [2.24, 2.45) is 7.05 Å². The van der Waals surface area contributed by atoms with Gasteiger partial charge in [-0.2, -0.15) is 0 Å². The fourth-order valence-corrected chi connectivity index (χ4v) is 2.20. The van der Waals surface area contributed by atoms with E-state index in [1.807, 2.05) is 0 Å². The van der Waals surface area contributed by atoms with Gasteiger partial charge in [-0.1, -0.05) is 12.1 Å². The molecule has 1 fully saturated rings. The highest BCUT2D eigenvalue weighted by Gasteiger charge is 2.20. The minimum Gasteiger partial charge on any atom is -0.346 e. The van der Waals surface area contributed by atoms with E-state index in [0.29, 0.717) is 0 Å². The van der Waals surface area contributed by atoms with Gasteiger partial charge in [0.15, 0.2) is 0 Å². The minimum atomic E-state index is 0.778. The molecular formula is C14H18N2. The standard InChI is InChI=1S/C14H18N2/c1-10-3-4-11-8-13(9-15-12-5-6-12)16(2)14(11)7-10/h3-4,7-8,12,15H,5-6,9H2,1-2H3. The summed E-state index contributed by atoms with van der Waals surface area (Å²) >= 11 is 0. The van der Waals surface area contributed by atoms with E-state index in [-0.39, 0.29) is 0 Å². The molecule has 0 unspecified atom stereocenters. The number of rotatable bonds is 3. The molecule has 1 aromatic carbocycles. The summed E-state index contributed by atoms with van der Waals surface area (Å²) in [6.07, 6.45) is 2.70. The number of nitrogens with one attached hydrogen (secondary N) is 1. The van der Waals surface area contributed by atoms with Crippen molar-refractivity contribution in [3.8, 4) is 0 Å². The zero-order valence-electron chi connectivity index (χ0n) is 9.96. The third-order valence-electron chi connectivity index (χ3n) is 3.45. The fourth-order valence-electron chi connectivity index (χ4n) is 2.20. The van der Waals surface area contributed by atoms with Gasteiger partial charge >= 0.3 is 0 Å². The van der Waals surface area contributed by atoms with E-state index in [4.69, 9.17) is 0 Å². The first-order valence-corrected chi connectivity index (χ1v) is 6.02. The number of aromatic nitrogens is 1. The molecule has 2 nitrogen and oxygen atoms in total. The summed E-state index contributed by atoms with van der Waals surface area (Å²) in [5, 5.41) is 4.92. The highest BCUT2D eigenvalue weighted by molar-refractivity contribution is 5.81. The molecule has 0 saturated heterocycles. The van der Waals surface area contributed by atoms with Gasteiger partial charge in [0, 0.05) is 30.8 Å². The van der Waals surface area contributed by atoms with Crippen molar-refractivity contribution in [2.75, 3.05) is 0 Å². The van der Waals surface area contributed by atoms with Crippen LogP contribution in [0.1, 0.15) is 24.1 Å². The lowest BCUT2D eigenvalue weighted by molar-refractivity contribution is 0.655. The van der Waals surface area contributed by atoms with Crippen molar-refractivity contribution < 1.29 is 0 Å². The lowest BCUT2D eigenvalue weighted by Gasteiger charge is -2.05. The van der Waals surface area contributed by atoms with Crippen LogP contribution in [0.4, 0.5) is 0 Å². The first-order valence-electron chi connectivity index (χ1n) is 6.02. The number of benzene rings is 1. The van der Waals surface area contributed by atoms with E-state index in [1.165, 1.54) is 35.0 Å². The molecule has 1 saturated carbocycles. The van der Waals surface area contributed by atoms with Gasteiger partial charge in [0.1, 0.15) is 0 Å². The Morgan fingerprint density at radius 2 is 2.12 bits per heavy atom. The second kappa shape index (κ2) is 3.63. The van der Waals surface area contributed by atoms with Crippen LogP contribution in [0.3, 0.4) is 0 Å². The highest BCUT2D eigenvalue weighted by atomic mass is 15.0. The maximum Gasteiger partial charge on any atom is 0.0482 e. The SMILES string of the molecule is Cc1ccc2cc(CNC3CC3)n(C)c2c1. The van der Waals surface area contributed by atoms with Gasteiger partial charge in [0.05, 0.1) is 0 Å². The van der Waals surface area contributed by atoms with Gasteiger partial charge in [-0.3, -0.25) is 0 Å². The van der Waals surface area contributed by atoms with Gasteiger partial charge in [0.2, 0.25) is 0 Å². The van der Waals surface area contributed by atoms with Gasteiger partial charge in [-0.05, 0) is 42.8 Å². The Morgan fingerprint density at radius 1 is 1.31 bits per heavy atom. The second-order valence-corrected chi connectivity index (χ2v) is 4.91. The summed E-state index contributed by atoms with van der Waals surface area (Å²) in [6.45, 7) is 3.14. The van der Waals surface area contributed by atoms with Crippen LogP contribution in [-0.4, -0.2) is 10.6 Å². The lowest BCUT2D eigenvalue weighted by Crippen LogP contribution is -2.17. The maximum absolute atomic E-state index is 3.57. The van der Waals surface area contributed by atoms with Crippen LogP contribution in [-0.2, 0) is 13.6 Å². The Bertz CT molecular complexity index is 521. The van der Waals surface area contributed by atoms with Crippen molar-refractivity contribution in [1.29, 1.82) is 0 Å². The summed E-state index contributed by atoms with van der Waals surface area (Å²) in [4.78, 5) is 0. The molecule has 0 radical (unpaired) electrons. The predicted octanol–water partition coefficient (Wildman–Crippen LogP) is 2.74. The minimum absolute atomic E-state index is 0.778. The first-order chi connectivity index (χ1) is 7.74. The number of aryl methyl sites for hydroxylation is 2. The van der Waals surface area contributed by atoms with E-state index in [1.54, 1.807) is 0 Å². The average Bonchev–Trinajstić information content (AvgIpc) is 3.04. The number of hydrogen-bond acceptors (Lipinski definition) is 1. The largest absolute Gasteiger partial charge is 0.346 e. The molecular weight excluding hydrogens is 196 g/mol.